The maximum absolute atomic E-state index is 2.33. The Labute approximate surface area is 189 Å². The Morgan fingerprint density at radius 2 is 0.688 bits per heavy atom. The fourth-order valence-electron chi connectivity index (χ4n) is 4.73. The van der Waals surface area contributed by atoms with Crippen molar-refractivity contribution in [2.45, 2.75) is 0 Å². The summed E-state index contributed by atoms with van der Waals surface area (Å²) < 4.78 is 0. The highest BCUT2D eigenvalue weighted by Crippen LogP contribution is 2.45. The molecular formula is C32H22. The zero-order valence-corrected chi connectivity index (χ0v) is 17.7. The van der Waals surface area contributed by atoms with Gasteiger partial charge in [-0.2, -0.15) is 0 Å². The Hall–Kier alpha value is -4.16. The third kappa shape index (κ3) is 3.18. The van der Waals surface area contributed by atoms with Crippen molar-refractivity contribution in [1.29, 1.82) is 0 Å². The van der Waals surface area contributed by atoms with Crippen LogP contribution in [0, 0.1) is 0 Å². The van der Waals surface area contributed by atoms with E-state index in [0.717, 1.165) is 0 Å². The lowest BCUT2D eigenvalue weighted by Gasteiger charge is -2.12. The molecule has 0 nitrogen and oxygen atoms in total. The van der Waals surface area contributed by atoms with E-state index in [1.54, 1.807) is 0 Å². The molecular weight excluding hydrogens is 384 g/mol. The second kappa shape index (κ2) is 7.83. The highest BCUT2D eigenvalue weighted by atomic mass is 14.2. The molecule has 32 heavy (non-hydrogen) atoms. The van der Waals surface area contributed by atoms with E-state index in [1.807, 2.05) is 0 Å². The third-order valence-corrected chi connectivity index (χ3v) is 6.27. The van der Waals surface area contributed by atoms with Crippen molar-refractivity contribution < 1.29 is 0 Å². The van der Waals surface area contributed by atoms with E-state index in [-0.39, 0.29) is 0 Å². The van der Waals surface area contributed by atoms with E-state index < -0.39 is 0 Å². The van der Waals surface area contributed by atoms with Crippen molar-refractivity contribution in [3.63, 3.8) is 0 Å². The van der Waals surface area contributed by atoms with Crippen molar-refractivity contribution >= 4 is 11.6 Å². The summed E-state index contributed by atoms with van der Waals surface area (Å²) in [6.45, 7) is 0. The molecule has 1 aliphatic carbocycles. The van der Waals surface area contributed by atoms with Crippen molar-refractivity contribution in [1.82, 2.24) is 0 Å². The highest BCUT2D eigenvalue weighted by molar-refractivity contribution is 6.06. The predicted octanol–water partition coefficient (Wildman–Crippen LogP) is 8.59. The quantitative estimate of drug-likeness (QED) is 0.270. The van der Waals surface area contributed by atoms with Crippen LogP contribution >= 0.6 is 0 Å². The van der Waals surface area contributed by atoms with E-state index in [0.29, 0.717) is 0 Å². The van der Waals surface area contributed by atoms with Gasteiger partial charge in [0, 0.05) is 0 Å². The van der Waals surface area contributed by atoms with Gasteiger partial charge in [0.25, 0.3) is 0 Å². The molecule has 0 spiro atoms. The van der Waals surface area contributed by atoms with Crippen molar-refractivity contribution in [3.05, 3.63) is 144 Å². The fraction of sp³-hybridized carbons (Fsp3) is 0. The number of fused-ring (bicyclic) bond motifs is 5. The molecule has 0 bridgehead atoms. The summed E-state index contributed by atoms with van der Waals surface area (Å²) in [5, 5.41) is 0. The van der Waals surface area contributed by atoms with Gasteiger partial charge < -0.3 is 0 Å². The summed E-state index contributed by atoms with van der Waals surface area (Å²) in [6.07, 6.45) is 2.33. The molecule has 0 unspecified atom stereocenters. The lowest BCUT2D eigenvalue weighted by Crippen LogP contribution is -1.90. The van der Waals surface area contributed by atoms with E-state index in [4.69, 9.17) is 0 Å². The Morgan fingerprint density at radius 3 is 1.19 bits per heavy atom. The molecule has 0 atom stereocenters. The van der Waals surface area contributed by atoms with E-state index >= 15 is 0 Å². The van der Waals surface area contributed by atoms with Crippen LogP contribution in [0.25, 0.3) is 45.0 Å². The normalized spacial score (nSPS) is 11.7. The molecule has 0 saturated carbocycles. The van der Waals surface area contributed by atoms with Crippen LogP contribution in [0.5, 0.6) is 0 Å². The van der Waals surface area contributed by atoms with Gasteiger partial charge in [-0.05, 0) is 61.7 Å². The summed E-state index contributed by atoms with van der Waals surface area (Å²) in [4.78, 5) is 0. The van der Waals surface area contributed by atoms with Crippen LogP contribution in [0.15, 0.2) is 127 Å². The average Bonchev–Trinajstić information content (AvgIpc) is 2.99. The minimum Gasteiger partial charge on any atom is -0.0622 e. The molecule has 5 aromatic rings. The Balaban J connectivity index is 1.55. The number of rotatable bonds is 2. The first-order valence-electron chi connectivity index (χ1n) is 11.0. The molecule has 0 saturated heterocycles. The smallest absolute Gasteiger partial charge is 0.00930 e. The van der Waals surface area contributed by atoms with Crippen LogP contribution in [0.3, 0.4) is 0 Å². The van der Waals surface area contributed by atoms with Crippen LogP contribution in [0.1, 0.15) is 16.7 Å². The molecule has 0 fully saturated rings. The highest BCUT2D eigenvalue weighted by Gasteiger charge is 2.21. The van der Waals surface area contributed by atoms with Gasteiger partial charge in [-0.3, -0.25) is 0 Å². The van der Waals surface area contributed by atoms with E-state index in [1.165, 1.54) is 55.6 Å². The molecule has 0 heteroatoms. The van der Waals surface area contributed by atoms with Crippen molar-refractivity contribution in [2.75, 3.05) is 0 Å². The Morgan fingerprint density at radius 1 is 0.312 bits per heavy atom. The molecule has 0 N–H and O–H groups in total. The SMILES string of the molecule is C(=C1c2ccccc2-c2ccccc2-c2ccccc21)c1ccc(-c2ccccc2)cc1. The number of hydrogen-bond donors (Lipinski definition) is 0. The lowest BCUT2D eigenvalue weighted by atomic mass is 9.91. The summed E-state index contributed by atoms with van der Waals surface area (Å²) in [6, 6.07) is 45.7. The van der Waals surface area contributed by atoms with Gasteiger partial charge in [0.1, 0.15) is 0 Å². The zero-order valence-electron chi connectivity index (χ0n) is 17.7. The summed E-state index contributed by atoms with van der Waals surface area (Å²) in [5.41, 5.74) is 12.6. The first-order chi connectivity index (χ1) is 15.9. The van der Waals surface area contributed by atoms with Gasteiger partial charge in [0.2, 0.25) is 0 Å². The first kappa shape index (κ1) is 18.6. The first-order valence-corrected chi connectivity index (χ1v) is 11.0. The van der Waals surface area contributed by atoms with Crippen LogP contribution in [0.4, 0.5) is 0 Å². The molecule has 0 radical (unpaired) electrons. The summed E-state index contributed by atoms with van der Waals surface area (Å²) >= 11 is 0. The minimum atomic E-state index is 1.20. The van der Waals surface area contributed by atoms with E-state index in [2.05, 4.69) is 133 Å². The number of benzene rings is 5. The van der Waals surface area contributed by atoms with Crippen molar-refractivity contribution in [2.24, 2.45) is 0 Å². The fourth-order valence-corrected chi connectivity index (χ4v) is 4.73. The molecule has 0 heterocycles. The van der Waals surface area contributed by atoms with E-state index in [9.17, 15) is 0 Å². The van der Waals surface area contributed by atoms with Crippen LogP contribution in [-0.2, 0) is 0 Å². The second-order valence-electron chi connectivity index (χ2n) is 8.18. The van der Waals surface area contributed by atoms with Gasteiger partial charge >= 0.3 is 0 Å². The van der Waals surface area contributed by atoms with Crippen LogP contribution in [0.2, 0.25) is 0 Å². The topological polar surface area (TPSA) is 0 Å². The summed E-state index contributed by atoms with van der Waals surface area (Å²) in [7, 11) is 0. The molecule has 6 rings (SSSR count). The standard InChI is InChI=1S/C32H22/c1-2-10-24(11-3-1)25-20-18-23(19-21-25)22-32-30-16-8-6-14-28(30)26-12-4-5-13-27(26)29-15-7-9-17-31(29)32/h1-22H. The van der Waals surface area contributed by atoms with Gasteiger partial charge in [-0.1, -0.05) is 127 Å². The van der Waals surface area contributed by atoms with Gasteiger partial charge in [0.05, 0.1) is 0 Å². The Kier molecular flexibility index (Phi) is 4.55. The minimum absolute atomic E-state index is 1.20. The molecule has 0 aliphatic heterocycles. The molecule has 5 aromatic carbocycles. The van der Waals surface area contributed by atoms with Gasteiger partial charge in [-0.25, -0.2) is 0 Å². The largest absolute Gasteiger partial charge is 0.0622 e. The third-order valence-electron chi connectivity index (χ3n) is 6.27. The van der Waals surface area contributed by atoms with Gasteiger partial charge in [0.15, 0.2) is 0 Å². The molecule has 150 valence electrons. The maximum Gasteiger partial charge on any atom is -0.00930 e. The molecule has 1 aliphatic rings. The zero-order chi connectivity index (χ0) is 21.3. The summed E-state index contributed by atoms with van der Waals surface area (Å²) in [5.74, 6) is 0. The van der Waals surface area contributed by atoms with Crippen LogP contribution in [-0.4, -0.2) is 0 Å². The van der Waals surface area contributed by atoms with Crippen LogP contribution < -0.4 is 0 Å². The monoisotopic (exact) mass is 406 g/mol. The van der Waals surface area contributed by atoms with Crippen molar-refractivity contribution in [3.8, 4) is 33.4 Å². The predicted molar refractivity (Wildman–Crippen MR) is 136 cm³/mol. The molecule has 0 aromatic heterocycles. The maximum atomic E-state index is 2.33. The van der Waals surface area contributed by atoms with Gasteiger partial charge in [-0.15, -0.1) is 0 Å². The number of hydrogen-bond acceptors (Lipinski definition) is 0. The molecule has 0 amide bonds. The average molecular weight is 407 g/mol. The lowest BCUT2D eigenvalue weighted by molar-refractivity contribution is 1.57. The Bertz CT molecular complexity index is 1370. The second-order valence-corrected chi connectivity index (χ2v) is 8.18.